The molecule has 0 radical (unpaired) electrons. The number of hydrogen-bond acceptors (Lipinski definition) is 3. The Kier molecular flexibility index (Phi) is 5.39. The molecule has 0 atom stereocenters. The van der Waals surface area contributed by atoms with E-state index in [0.717, 1.165) is 9.79 Å². The number of nitrogens with one attached hydrogen (secondary N) is 1. The zero-order valence-corrected chi connectivity index (χ0v) is 13.6. The molecule has 0 saturated carbocycles. The summed E-state index contributed by atoms with van der Waals surface area (Å²) in [5.41, 5.74) is 7.00. The van der Waals surface area contributed by atoms with E-state index in [1.54, 1.807) is 30.3 Å². The van der Waals surface area contributed by atoms with Crippen LogP contribution in [0.4, 0.5) is 5.69 Å². The van der Waals surface area contributed by atoms with E-state index < -0.39 is 0 Å². The molecular weight excluding hydrogens is 327 g/mol. The summed E-state index contributed by atoms with van der Waals surface area (Å²) >= 11 is 13.3. The van der Waals surface area contributed by atoms with Crippen LogP contribution in [-0.4, -0.2) is 12.5 Å². The molecule has 2 rings (SSSR count). The van der Waals surface area contributed by atoms with Gasteiger partial charge in [0.15, 0.2) is 0 Å². The second-order valence-electron chi connectivity index (χ2n) is 4.29. The van der Waals surface area contributed by atoms with Gasteiger partial charge in [-0.25, -0.2) is 0 Å². The van der Waals surface area contributed by atoms with Crippen molar-refractivity contribution in [1.82, 2.24) is 5.32 Å². The molecule has 0 heterocycles. The van der Waals surface area contributed by atoms with Crippen LogP contribution in [0, 0.1) is 0 Å². The van der Waals surface area contributed by atoms with E-state index in [-0.39, 0.29) is 5.91 Å². The van der Waals surface area contributed by atoms with E-state index in [1.807, 2.05) is 13.0 Å². The van der Waals surface area contributed by atoms with Crippen LogP contribution in [-0.2, 0) is 0 Å². The third-order valence-electron chi connectivity index (χ3n) is 2.71. The van der Waals surface area contributed by atoms with Crippen LogP contribution < -0.4 is 11.1 Å². The lowest BCUT2D eigenvalue weighted by Gasteiger charge is -2.10. The molecule has 3 nitrogen and oxygen atoms in total. The van der Waals surface area contributed by atoms with Gasteiger partial charge in [-0.3, -0.25) is 4.79 Å². The van der Waals surface area contributed by atoms with E-state index in [9.17, 15) is 4.79 Å². The first kappa shape index (κ1) is 16.0. The smallest absolute Gasteiger partial charge is 0.252 e. The molecule has 1 amide bonds. The maximum atomic E-state index is 12.1. The number of hydrogen-bond donors (Lipinski definition) is 2. The SMILES string of the molecule is CCNC(=O)c1ccc(N)cc1Sc1ccc(Cl)c(Cl)c1. The summed E-state index contributed by atoms with van der Waals surface area (Å²) in [6.45, 7) is 2.45. The summed E-state index contributed by atoms with van der Waals surface area (Å²) in [6.07, 6.45) is 0. The first-order valence-corrected chi connectivity index (χ1v) is 7.89. The van der Waals surface area contributed by atoms with Crippen LogP contribution in [0.3, 0.4) is 0 Å². The highest BCUT2D eigenvalue weighted by atomic mass is 35.5. The zero-order chi connectivity index (χ0) is 15.4. The number of carbonyl (C=O) groups excluding carboxylic acids is 1. The normalized spacial score (nSPS) is 10.4. The predicted molar refractivity (Wildman–Crippen MR) is 89.4 cm³/mol. The fourth-order valence-electron chi connectivity index (χ4n) is 1.73. The van der Waals surface area contributed by atoms with Crippen molar-refractivity contribution in [3.63, 3.8) is 0 Å². The summed E-state index contributed by atoms with van der Waals surface area (Å²) < 4.78 is 0. The van der Waals surface area contributed by atoms with Crippen molar-refractivity contribution in [3.8, 4) is 0 Å². The number of nitrogens with two attached hydrogens (primary N) is 1. The van der Waals surface area contributed by atoms with Crippen LogP contribution >= 0.6 is 35.0 Å². The van der Waals surface area contributed by atoms with Gasteiger partial charge in [-0.1, -0.05) is 35.0 Å². The highest BCUT2D eigenvalue weighted by Crippen LogP contribution is 2.35. The van der Waals surface area contributed by atoms with Crippen molar-refractivity contribution in [2.75, 3.05) is 12.3 Å². The van der Waals surface area contributed by atoms with Gasteiger partial charge in [-0.15, -0.1) is 0 Å². The van der Waals surface area contributed by atoms with Gasteiger partial charge in [0, 0.05) is 22.0 Å². The average molecular weight is 341 g/mol. The summed E-state index contributed by atoms with van der Waals surface area (Å²) in [5, 5.41) is 3.76. The van der Waals surface area contributed by atoms with E-state index in [1.165, 1.54) is 11.8 Å². The fourth-order valence-corrected chi connectivity index (χ4v) is 3.13. The van der Waals surface area contributed by atoms with Crippen LogP contribution in [0.5, 0.6) is 0 Å². The van der Waals surface area contributed by atoms with Gasteiger partial charge < -0.3 is 11.1 Å². The summed E-state index contributed by atoms with van der Waals surface area (Å²) in [5.74, 6) is -0.125. The van der Waals surface area contributed by atoms with Crippen LogP contribution in [0.25, 0.3) is 0 Å². The van der Waals surface area contributed by atoms with Crippen molar-refractivity contribution in [2.24, 2.45) is 0 Å². The molecule has 6 heteroatoms. The molecule has 0 bridgehead atoms. The minimum Gasteiger partial charge on any atom is -0.399 e. The molecular formula is C15H14Cl2N2OS. The number of nitrogen functional groups attached to an aromatic ring is 1. The Balaban J connectivity index is 2.35. The number of anilines is 1. The molecule has 110 valence electrons. The molecule has 21 heavy (non-hydrogen) atoms. The maximum Gasteiger partial charge on any atom is 0.252 e. The molecule has 0 aliphatic rings. The number of amides is 1. The number of carbonyl (C=O) groups is 1. The van der Waals surface area contributed by atoms with Gasteiger partial charge in [0.05, 0.1) is 15.6 Å². The molecule has 2 aromatic carbocycles. The molecule has 0 aromatic heterocycles. The molecule has 2 aromatic rings. The minimum atomic E-state index is -0.125. The third-order valence-corrected chi connectivity index (χ3v) is 4.49. The largest absolute Gasteiger partial charge is 0.399 e. The van der Waals surface area contributed by atoms with E-state index in [2.05, 4.69) is 5.32 Å². The van der Waals surface area contributed by atoms with Gasteiger partial charge in [0.2, 0.25) is 0 Å². The predicted octanol–water partition coefficient (Wildman–Crippen LogP) is 4.48. The lowest BCUT2D eigenvalue weighted by molar-refractivity contribution is 0.0953. The zero-order valence-electron chi connectivity index (χ0n) is 11.3. The standard InChI is InChI=1S/C15H14Cl2N2OS/c1-2-19-15(20)11-5-3-9(18)7-14(11)21-10-4-6-12(16)13(17)8-10/h3-8H,2,18H2,1H3,(H,19,20). The van der Waals surface area contributed by atoms with Gasteiger partial charge >= 0.3 is 0 Å². The highest BCUT2D eigenvalue weighted by molar-refractivity contribution is 7.99. The number of halogens is 2. The fraction of sp³-hybridized carbons (Fsp3) is 0.133. The van der Waals surface area contributed by atoms with Crippen LogP contribution in [0.2, 0.25) is 10.0 Å². The monoisotopic (exact) mass is 340 g/mol. The molecule has 3 N–H and O–H groups in total. The third kappa shape index (κ3) is 4.06. The van der Waals surface area contributed by atoms with Crippen molar-refractivity contribution < 1.29 is 4.79 Å². The number of benzene rings is 2. The van der Waals surface area contributed by atoms with Crippen molar-refractivity contribution in [2.45, 2.75) is 16.7 Å². The van der Waals surface area contributed by atoms with E-state index in [4.69, 9.17) is 28.9 Å². The lowest BCUT2D eigenvalue weighted by atomic mass is 10.2. The van der Waals surface area contributed by atoms with Crippen molar-refractivity contribution >= 4 is 46.6 Å². The van der Waals surface area contributed by atoms with Gasteiger partial charge in [0.25, 0.3) is 5.91 Å². The Morgan fingerprint density at radius 3 is 2.62 bits per heavy atom. The van der Waals surface area contributed by atoms with E-state index in [0.29, 0.717) is 27.8 Å². The second kappa shape index (κ2) is 7.07. The van der Waals surface area contributed by atoms with Crippen molar-refractivity contribution in [3.05, 3.63) is 52.0 Å². The van der Waals surface area contributed by atoms with Crippen LogP contribution in [0.1, 0.15) is 17.3 Å². The Bertz CT molecular complexity index is 677. The summed E-state index contributed by atoms with van der Waals surface area (Å²) in [7, 11) is 0. The maximum absolute atomic E-state index is 12.1. The lowest BCUT2D eigenvalue weighted by Crippen LogP contribution is -2.23. The van der Waals surface area contributed by atoms with Crippen molar-refractivity contribution in [1.29, 1.82) is 0 Å². The Morgan fingerprint density at radius 2 is 1.95 bits per heavy atom. The molecule has 0 aliphatic carbocycles. The van der Waals surface area contributed by atoms with Gasteiger partial charge in [-0.05, 0) is 43.3 Å². The highest BCUT2D eigenvalue weighted by Gasteiger charge is 2.12. The van der Waals surface area contributed by atoms with Gasteiger partial charge in [0.1, 0.15) is 0 Å². The average Bonchev–Trinajstić information content (AvgIpc) is 2.43. The molecule has 0 spiro atoms. The summed E-state index contributed by atoms with van der Waals surface area (Å²) in [6, 6.07) is 10.6. The first-order chi connectivity index (χ1) is 10.0. The van der Waals surface area contributed by atoms with Gasteiger partial charge in [-0.2, -0.15) is 0 Å². The Labute approximate surface area is 137 Å². The quantitative estimate of drug-likeness (QED) is 0.807. The summed E-state index contributed by atoms with van der Waals surface area (Å²) in [4.78, 5) is 13.7. The molecule has 0 unspecified atom stereocenters. The van der Waals surface area contributed by atoms with E-state index >= 15 is 0 Å². The number of rotatable bonds is 4. The topological polar surface area (TPSA) is 55.1 Å². The minimum absolute atomic E-state index is 0.125. The molecule has 0 fully saturated rings. The Morgan fingerprint density at radius 1 is 1.19 bits per heavy atom. The first-order valence-electron chi connectivity index (χ1n) is 6.32. The molecule has 0 aliphatic heterocycles. The Hall–Kier alpha value is -1.36. The second-order valence-corrected chi connectivity index (χ2v) is 6.22. The molecule has 0 saturated heterocycles. The van der Waals surface area contributed by atoms with Crippen LogP contribution in [0.15, 0.2) is 46.2 Å².